The standard InChI is InChI=1S/C44H26N4S/c1-3-13-28(14-4-1)42-46-43(29-15-5-2-6-16-29)48-44(47-42)30-22-24-37-35(26-30)40-38(49-37)25-23-34-39(40)33-19-9-10-21-36(33)45-41(34)32-20-11-17-27-12-7-8-18-31(27)32/h1-26H. The first-order valence-electron chi connectivity index (χ1n) is 16.3. The predicted octanol–water partition coefficient (Wildman–Crippen LogP) is 11.8. The van der Waals surface area contributed by atoms with E-state index in [0.717, 1.165) is 44.2 Å². The zero-order valence-corrected chi connectivity index (χ0v) is 27.0. The van der Waals surface area contributed by atoms with Gasteiger partial charge in [0.1, 0.15) is 0 Å². The first-order valence-corrected chi connectivity index (χ1v) is 17.1. The SMILES string of the molecule is c1ccc(-c2nc(-c3ccccc3)nc(-c3ccc4sc5ccc6c(-c7cccc8ccccc78)nc7ccccc7c6c5c4c3)n2)cc1. The Labute approximate surface area is 286 Å². The summed E-state index contributed by atoms with van der Waals surface area (Å²) in [5.74, 6) is 1.96. The molecular formula is C44H26N4S. The highest BCUT2D eigenvalue weighted by Gasteiger charge is 2.19. The fraction of sp³-hybridized carbons (Fsp3) is 0. The molecule has 3 aromatic heterocycles. The highest BCUT2D eigenvalue weighted by atomic mass is 32.1. The maximum Gasteiger partial charge on any atom is 0.164 e. The third-order valence-electron chi connectivity index (χ3n) is 9.30. The Hall–Kier alpha value is -6.30. The van der Waals surface area contributed by atoms with E-state index in [-0.39, 0.29) is 0 Å². The summed E-state index contributed by atoms with van der Waals surface area (Å²) in [6.07, 6.45) is 0. The van der Waals surface area contributed by atoms with E-state index in [2.05, 4.69) is 97.1 Å². The maximum atomic E-state index is 5.31. The molecule has 10 rings (SSSR count). The fourth-order valence-corrected chi connectivity index (χ4v) is 8.12. The number of rotatable bonds is 4. The van der Waals surface area contributed by atoms with Crippen LogP contribution in [0.15, 0.2) is 158 Å². The fourth-order valence-electron chi connectivity index (χ4n) is 7.02. The molecule has 0 radical (unpaired) electrons. The summed E-state index contributed by atoms with van der Waals surface area (Å²) in [6, 6.07) is 55.0. The smallest absolute Gasteiger partial charge is 0.164 e. The van der Waals surface area contributed by atoms with Crippen molar-refractivity contribution >= 4 is 64.0 Å². The van der Waals surface area contributed by atoms with Gasteiger partial charge in [-0.05, 0) is 41.1 Å². The molecule has 49 heavy (non-hydrogen) atoms. The van der Waals surface area contributed by atoms with Crippen molar-refractivity contribution < 1.29 is 0 Å². The summed E-state index contributed by atoms with van der Waals surface area (Å²) in [4.78, 5) is 20.3. The van der Waals surface area contributed by atoms with Crippen molar-refractivity contribution in [1.82, 2.24) is 19.9 Å². The molecule has 0 aliphatic heterocycles. The molecule has 0 spiro atoms. The van der Waals surface area contributed by atoms with Crippen molar-refractivity contribution in [3.8, 4) is 45.4 Å². The molecule has 5 heteroatoms. The molecule has 0 saturated carbocycles. The Kier molecular flexibility index (Phi) is 6.32. The molecule has 0 unspecified atom stereocenters. The Balaban J connectivity index is 1.26. The van der Waals surface area contributed by atoms with Crippen LogP contribution in [0.3, 0.4) is 0 Å². The summed E-state index contributed by atoms with van der Waals surface area (Å²) in [5, 5.41) is 8.34. The molecule has 0 fully saturated rings. The third-order valence-corrected chi connectivity index (χ3v) is 10.4. The molecule has 7 aromatic carbocycles. The minimum Gasteiger partial charge on any atom is -0.247 e. The van der Waals surface area contributed by atoms with Gasteiger partial charge in [0.05, 0.1) is 11.2 Å². The predicted molar refractivity (Wildman–Crippen MR) is 205 cm³/mol. The van der Waals surface area contributed by atoms with Gasteiger partial charge in [-0.15, -0.1) is 11.3 Å². The van der Waals surface area contributed by atoms with E-state index >= 15 is 0 Å². The molecule has 3 heterocycles. The van der Waals surface area contributed by atoms with Crippen LogP contribution in [0.1, 0.15) is 0 Å². The van der Waals surface area contributed by atoms with Gasteiger partial charge in [0.15, 0.2) is 17.5 Å². The van der Waals surface area contributed by atoms with Crippen LogP contribution in [-0.2, 0) is 0 Å². The summed E-state index contributed by atoms with van der Waals surface area (Å²) in [7, 11) is 0. The first-order chi connectivity index (χ1) is 24.3. The molecule has 0 bridgehead atoms. The van der Waals surface area contributed by atoms with E-state index in [9.17, 15) is 0 Å². The van der Waals surface area contributed by atoms with E-state index in [4.69, 9.17) is 19.9 Å². The van der Waals surface area contributed by atoms with Crippen molar-refractivity contribution in [3.63, 3.8) is 0 Å². The summed E-state index contributed by atoms with van der Waals surface area (Å²) in [5.41, 5.74) is 5.99. The van der Waals surface area contributed by atoms with Crippen LogP contribution < -0.4 is 0 Å². The maximum absolute atomic E-state index is 5.31. The van der Waals surface area contributed by atoms with Gasteiger partial charge in [0, 0.05) is 58.6 Å². The van der Waals surface area contributed by atoms with Crippen molar-refractivity contribution in [3.05, 3.63) is 158 Å². The second-order valence-electron chi connectivity index (χ2n) is 12.2. The Morgan fingerprint density at radius 2 is 0.980 bits per heavy atom. The Morgan fingerprint density at radius 1 is 0.367 bits per heavy atom. The van der Waals surface area contributed by atoms with E-state index in [1.165, 1.54) is 36.3 Å². The van der Waals surface area contributed by atoms with E-state index in [0.29, 0.717) is 17.5 Å². The average Bonchev–Trinajstić information content (AvgIpc) is 3.56. The van der Waals surface area contributed by atoms with Crippen LogP contribution in [0, 0.1) is 0 Å². The van der Waals surface area contributed by atoms with Crippen LogP contribution in [0.4, 0.5) is 0 Å². The van der Waals surface area contributed by atoms with Gasteiger partial charge in [-0.1, -0.05) is 127 Å². The highest BCUT2D eigenvalue weighted by Crippen LogP contribution is 2.45. The minimum atomic E-state index is 0.650. The van der Waals surface area contributed by atoms with Crippen molar-refractivity contribution in [2.75, 3.05) is 0 Å². The number of fused-ring (bicyclic) bond motifs is 8. The number of para-hydroxylation sites is 1. The summed E-state index contributed by atoms with van der Waals surface area (Å²) < 4.78 is 2.46. The molecule has 0 N–H and O–H groups in total. The number of hydrogen-bond donors (Lipinski definition) is 0. The van der Waals surface area contributed by atoms with Gasteiger partial charge >= 0.3 is 0 Å². The summed E-state index contributed by atoms with van der Waals surface area (Å²) in [6.45, 7) is 0. The molecule has 0 atom stereocenters. The second-order valence-corrected chi connectivity index (χ2v) is 13.3. The number of hydrogen-bond acceptors (Lipinski definition) is 5. The third kappa shape index (κ3) is 4.59. The monoisotopic (exact) mass is 642 g/mol. The van der Waals surface area contributed by atoms with Gasteiger partial charge in [-0.3, -0.25) is 0 Å². The van der Waals surface area contributed by atoms with Gasteiger partial charge in [-0.2, -0.15) is 0 Å². The van der Waals surface area contributed by atoms with E-state index in [1.807, 2.05) is 72.0 Å². The van der Waals surface area contributed by atoms with Crippen molar-refractivity contribution in [2.24, 2.45) is 0 Å². The zero-order valence-electron chi connectivity index (χ0n) is 26.2. The normalized spacial score (nSPS) is 11.7. The molecule has 0 amide bonds. The number of aromatic nitrogens is 4. The lowest BCUT2D eigenvalue weighted by molar-refractivity contribution is 1.07. The minimum absolute atomic E-state index is 0.650. The number of pyridine rings is 1. The average molecular weight is 643 g/mol. The molecule has 0 aliphatic carbocycles. The van der Waals surface area contributed by atoms with E-state index in [1.54, 1.807) is 0 Å². The Bertz CT molecular complexity index is 2820. The van der Waals surface area contributed by atoms with Gasteiger partial charge in [0.25, 0.3) is 0 Å². The molecule has 0 aliphatic rings. The lowest BCUT2D eigenvalue weighted by Crippen LogP contribution is -2.00. The number of benzene rings is 7. The molecule has 4 nitrogen and oxygen atoms in total. The lowest BCUT2D eigenvalue weighted by atomic mass is 9.94. The van der Waals surface area contributed by atoms with Crippen molar-refractivity contribution in [1.29, 1.82) is 0 Å². The topological polar surface area (TPSA) is 51.6 Å². The summed E-state index contributed by atoms with van der Waals surface area (Å²) >= 11 is 1.82. The van der Waals surface area contributed by atoms with Crippen LogP contribution in [0.25, 0.3) is 98.0 Å². The quantitative estimate of drug-likeness (QED) is 0.179. The largest absolute Gasteiger partial charge is 0.247 e. The number of thiophene rings is 1. The molecule has 10 aromatic rings. The van der Waals surface area contributed by atoms with Gasteiger partial charge in [0.2, 0.25) is 0 Å². The molecular weight excluding hydrogens is 617 g/mol. The zero-order chi connectivity index (χ0) is 32.3. The molecule has 0 saturated heterocycles. The Morgan fingerprint density at radius 3 is 1.73 bits per heavy atom. The first kappa shape index (κ1) is 27.8. The van der Waals surface area contributed by atoms with Crippen LogP contribution in [0.5, 0.6) is 0 Å². The lowest BCUT2D eigenvalue weighted by Gasteiger charge is -2.13. The second kappa shape index (κ2) is 11.2. The van der Waals surface area contributed by atoms with Gasteiger partial charge < -0.3 is 0 Å². The van der Waals surface area contributed by atoms with Crippen LogP contribution in [-0.4, -0.2) is 19.9 Å². The number of nitrogens with zero attached hydrogens (tertiary/aromatic N) is 4. The molecule has 228 valence electrons. The van der Waals surface area contributed by atoms with Crippen LogP contribution in [0.2, 0.25) is 0 Å². The van der Waals surface area contributed by atoms with Crippen LogP contribution >= 0.6 is 11.3 Å². The van der Waals surface area contributed by atoms with Crippen molar-refractivity contribution in [2.45, 2.75) is 0 Å². The van der Waals surface area contributed by atoms with E-state index < -0.39 is 0 Å². The highest BCUT2D eigenvalue weighted by molar-refractivity contribution is 7.26. The van der Waals surface area contributed by atoms with Gasteiger partial charge in [-0.25, -0.2) is 19.9 Å².